The summed E-state index contributed by atoms with van der Waals surface area (Å²) in [5.41, 5.74) is 2.48. The highest BCUT2D eigenvalue weighted by atomic mass is 16.5. The van der Waals surface area contributed by atoms with Gasteiger partial charge in [0, 0.05) is 17.6 Å². The van der Waals surface area contributed by atoms with Gasteiger partial charge >= 0.3 is 0 Å². The topological polar surface area (TPSA) is 21.3 Å². The zero-order valence-electron chi connectivity index (χ0n) is 14.7. The van der Waals surface area contributed by atoms with Crippen molar-refractivity contribution in [3.63, 3.8) is 0 Å². The van der Waals surface area contributed by atoms with E-state index < -0.39 is 0 Å². The number of rotatable bonds is 5. The van der Waals surface area contributed by atoms with Crippen molar-refractivity contribution >= 4 is 16.5 Å². The molecule has 0 atom stereocenters. The third-order valence-corrected chi connectivity index (χ3v) is 4.16. The molecule has 0 aliphatic heterocycles. The summed E-state index contributed by atoms with van der Waals surface area (Å²) >= 11 is 0. The molecule has 3 rings (SSSR count). The van der Waals surface area contributed by atoms with Crippen molar-refractivity contribution in [2.24, 2.45) is 0 Å². The predicted octanol–water partition coefficient (Wildman–Crippen LogP) is 5.63. The molecule has 0 aliphatic carbocycles. The lowest BCUT2D eigenvalue weighted by Crippen LogP contribution is -2.16. The van der Waals surface area contributed by atoms with E-state index in [9.17, 15) is 0 Å². The molecule has 0 saturated heterocycles. The Bertz CT molecular complexity index is 812. The summed E-state index contributed by atoms with van der Waals surface area (Å²) in [6, 6.07) is 23.1. The second-order valence-corrected chi connectivity index (χ2v) is 7.05. The van der Waals surface area contributed by atoms with Crippen molar-refractivity contribution in [1.82, 2.24) is 0 Å². The van der Waals surface area contributed by atoms with E-state index in [0.29, 0.717) is 6.61 Å². The Morgan fingerprint density at radius 2 is 1.54 bits per heavy atom. The van der Waals surface area contributed by atoms with Gasteiger partial charge in [-0.2, -0.15) is 0 Å². The van der Waals surface area contributed by atoms with Crippen LogP contribution < -0.4 is 10.1 Å². The van der Waals surface area contributed by atoms with Crippen molar-refractivity contribution in [2.45, 2.75) is 26.2 Å². The number of hydrogen-bond acceptors (Lipinski definition) is 2. The maximum atomic E-state index is 6.03. The summed E-state index contributed by atoms with van der Waals surface area (Å²) in [5, 5.41) is 5.99. The number of fused-ring (bicyclic) bond motifs is 1. The van der Waals surface area contributed by atoms with Crippen LogP contribution in [0.5, 0.6) is 5.75 Å². The normalized spacial score (nSPS) is 11.5. The first-order chi connectivity index (χ1) is 11.6. The molecule has 3 aromatic rings. The summed E-state index contributed by atoms with van der Waals surface area (Å²) in [7, 11) is 0. The van der Waals surface area contributed by atoms with Crippen LogP contribution in [0.15, 0.2) is 66.7 Å². The molecule has 0 unspecified atom stereocenters. The highest BCUT2D eigenvalue weighted by Crippen LogP contribution is 2.31. The van der Waals surface area contributed by atoms with Gasteiger partial charge in [0.2, 0.25) is 0 Å². The van der Waals surface area contributed by atoms with Gasteiger partial charge in [-0.05, 0) is 28.5 Å². The monoisotopic (exact) mass is 319 g/mol. The number of benzene rings is 3. The average molecular weight is 319 g/mol. The summed E-state index contributed by atoms with van der Waals surface area (Å²) < 4.78 is 6.03. The van der Waals surface area contributed by atoms with Gasteiger partial charge < -0.3 is 10.1 Å². The highest BCUT2D eigenvalue weighted by Gasteiger charge is 2.18. The number of para-hydroxylation sites is 1. The molecule has 0 fully saturated rings. The standard InChI is InChI=1S/C22H25NO/c1-22(2,3)19-12-6-7-14-21(19)24-16-15-23-20-13-8-10-17-9-4-5-11-18(17)20/h4-14,23H,15-16H2,1-3H3. The molecule has 124 valence electrons. The Labute approximate surface area is 144 Å². The minimum absolute atomic E-state index is 0.0830. The van der Waals surface area contributed by atoms with Gasteiger partial charge in [-0.1, -0.05) is 75.4 Å². The molecule has 0 radical (unpaired) electrons. The van der Waals surface area contributed by atoms with Crippen LogP contribution in [0, 0.1) is 0 Å². The van der Waals surface area contributed by atoms with Crippen molar-refractivity contribution in [3.05, 3.63) is 72.3 Å². The van der Waals surface area contributed by atoms with Crippen LogP contribution in [0.1, 0.15) is 26.3 Å². The maximum Gasteiger partial charge on any atom is 0.123 e. The molecule has 0 heterocycles. The third-order valence-electron chi connectivity index (χ3n) is 4.16. The highest BCUT2D eigenvalue weighted by molar-refractivity contribution is 5.93. The number of nitrogens with one attached hydrogen (secondary N) is 1. The van der Waals surface area contributed by atoms with Crippen LogP contribution in [0.2, 0.25) is 0 Å². The van der Waals surface area contributed by atoms with E-state index in [4.69, 9.17) is 4.74 Å². The molecule has 0 spiro atoms. The first-order valence-electron chi connectivity index (χ1n) is 8.50. The van der Waals surface area contributed by atoms with Crippen molar-refractivity contribution in [1.29, 1.82) is 0 Å². The zero-order valence-corrected chi connectivity index (χ0v) is 14.7. The smallest absolute Gasteiger partial charge is 0.123 e. The van der Waals surface area contributed by atoms with Gasteiger partial charge in [0.25, 0.3) is 0 Å². The minimum Gasteiger partial charge on any atom is -0.491 e. The van der Waals surface area contributed by atoms with Gasteiger partial charge in [0.15, 0.2) is 0 Å². The predicted molar refractivity (Wildman–Crippen MR) is 103 cm³/mol. The van der Waals surface area contributed by atoms with Gasteiger partial charge in [-0.25, -0.2) is 0 Å². The second kappa shape index (κ2) is 6.96. The van der Waals surface area contributed by atoms with E-state index in [1.54, 1.807) is 0 Å². The molecule has 0 bridgehead atoms. The second-order valence-electron chi connectivity index (χ2n) is 7.05. The zero-order chi connectivity index (χ0) is 17.0. The van der Waals surface area contributed by atoms with Gasteiger partial charge in [-0.15, -0.1) is 0 Å². The van der Waals surface area contributed by atoms with Crippen molar-refractivity contribution < 1.29 is 4.74 Å². The summed E-state index contributed by atoms with van der Waals surface area (Å²) in [5.74, 6) is 0.977. The van der Waals surface area contributed by atoms with Gasteiger partial charge in [0.05, 0.1) is 0 Å². The number of hydrogen-bond donors (Lipinski definition) is 1. The molecule has 2 heteroatoms. The van der Waals surface area contributed by atoms with Gasteiger partial charge in [-0.3, -0.25) is 0 Å². The molecule has 0 saturated carbocycles. The lowest BCUT2D eigenvalue weighted by molar-refractivity contribution is 0.323. The van der Waals surface area contributed by atoms with Crippen molar-refractivity contribution in [3.8, 4) is 5.75 Å². The molecule has 0 amide bonds. The number of ether oxygens (including phenoxy) is 1. The lowest BCUT2D eigenvalue weighted by Gasteiger charge is -2.22. The number of anilines is 1. The molecular formula is C22H25NO. The summed E-state index contributed by atoms with van der Waals surface area (Å²) in [6.07, 6.45) is 0. The van der Waals surface area contributed by atoms with Gasteiger partial charge in [0.1, 0.15) is 12.4 Å². The van der Waals surface area contributed by atoms with Crippen LogP contribution >= 0.6 is 0 Å². The Balaban J connectivity index is 1.64. The molecule has 0 aromatic heterocycles. The Hall–Kier alpha value is -2.48. The Morgan fingerprint density at radius 3 is 2.38 bits per heavy atom. The van der Waals surface area contributed by atoms with Crippen LogP contribution in [0.3, 0.4) is 0 Å². The van der Waals surface area contributed by atoms with E-state index in [0.717, 1.165) is 18.0 Å². The molecule has 0 aliphatic rings. The summed E-state index contributed by atoms with van der Waals surface area (Å²) in [4.78, 5) is 0. The Kier molecular flexibility index (Phi) is 4.75. The fourth-order valence-corrected chi connectivity index (χ4v) is 2.94. The van der Waals surface area contributed by atoms with Crippen LogP contribution in [-0.2, 0) is 5.41 Å². The van der Waals surface area contributed by atoms with E-state index in [-0.39, 0.29) is 5.41 Å². The van der Waals surface area contributed by atoms with E-state index >= 15 is 0 Å². The first-order valence-corrected chi connectivity index (χ1v) is 8.50. The minimum atomic E-state index is 0.0830. The van der Waals surface area contributed by atoms with Crippen LogP contribution in [0.25, 0.3) is 10.8 Å². The van der Waals surface area contributed by atoms with Crippen molar-refractivity contribution in [2.75, 3.05) is 18.5 Å². The SMILES string of the molecule is CC(C)(C)c1ccccc1OCCNc1cccc2ccccc12. The summed E-state index contributed by atoms with van der Waals surface area (Å²) in [6.45, 7) is 8.04. The molecular weight excluding hydrogens is 294 g/mol. The van der Waals surface area contributed by atoms with Crippen LogP contribution in [-0.4, -0.2) is 13.2 Å². The first kappa shape index (κ1) is 16.4. The molecule has 1 N–H and O–H groups in total. The van der Waals surface area contributed by atoms with E-state index in [1.165, 1.54) is 16.3 Å². The quantitative estimate of drug-likeness (QED) is 0.615. The maximum absolute atomic E-state index is 6.03. The van der Waals surface area contributed by atoms with E-state index in [1.807, 2.05) is 6.07 Å². The largest absolute Gasteiger partial charge is 0.491 e. The molecule has 24 heavy (non-hydrogen) atoms. The fourth-order valence-electron chi connectivity index (χ4n) is 2.94. The average Bonchev–Trinajstić information content (AvgIpc) is 2.58. The van der Waals surface area contributed by atoms with Crippen LogP contribution in [0.4, 0.5) is 5.69 Å². The van der Waals surface area contributed by atoms with E-state index in [2.05, 4.69) is 86.8 Å². The Morgan fingerprint density at radius 1 is 0.833 bits per heavy atom. The molecule has 2 nitrogen and oxygen atoms in total. The fraction of sp³-hybridized carbons (Fsp3) is 0.273. The molecule has 3 aromatic carbocycles. The lowest BCUT2D eigenvalue weighted by atomic mass is 9.86. The third kappa shape index (κ3) is 3.70.